The highest BCUT2D eigenvalue weighted by atomic mass is 35.5. The number of nitrogens with zero attached hydrogens (tertiary/aromatic N) is 1. The van der Waals surface area contributed by atoms with E-state index in [0.29, 0.717) is 6.42 Å². The molecule has 0 aromatic heterocycles. The average Bonchev–Trinajstić information content (AvgIpc) is 2.82. The number of unbranched alkanes of at least 4 members (excludes halogenated alkanes) is 1. The number of benzene rings is 3. The first-order valence-corrected chi connectivity index (χ1v) is 11.8. The van der Waals surface area contributed by atoms with Crippen molar-refractivity contribution < 1.29 is 5.11 Å². The lowest BCUT2D eigenvalue weighted by Crippen LogP contribution is -2.54. The summed E-state index contributed by atoms with van der Waals surface area (Å²) in [7, 11) is 0. The number of rotatable bonds is 12. The summed E-state index contributed by atoms with van der Waals surface area (Å²) in [5, 5.41) is 11.8. The third kappa shape index (κ3) is 6.93. The SMILES string of the molecule is CCCC[C@](O)(CCl)[C@H](Cc1ccccc1)N(Cc1ccccc1)Cc1ccccc1. The molecule has 3 heteroatoms. The van der Waals surface area contributed by atoms with Gasteiger partial charge < -0.3 is 5.11 Å². The Morgan fingerprint density at radius 3 is 1.65 bits per heavy atom. The minimum Gasteiger partial charge on any atom is -0.387 e. The van der Waals surface area contributed by atoms with E-state index < -0.39 is 5.60 Å². The van der Waals surface area contributed by atoms with Crippen LogP contribution in [-0.4, -0.2) is 27.5 Å². The summed E-state index contributed by atoms with van der Waals surface area (Å²) < 4.78 is 0. The van der Waals surface area contributed by atoms with E-state index in [2.05, 4.69) is 84.6 Å². The molecule has 3 aromatic carbocycles. The zero-order valence-electron chi connectivity index (χ0n) is 18.5. The molecule has 0 aliphatic rings. The molecule has 0 aliphatic carbocycles. The highest BCUT2D eigenvalue weighted by Gasteiger charge is 2.39. The first-order valence-electron chi connectivity index (χ1n) is 11.3. The van der Waals surface area contributed by atoms with Gasteiger partial charge in [-0.3, -0.25) is 4.90 Å². The van der Waals surface area contributed by atoms with E-state index in [-0.39, 0.29) is 11.9 Å². The Kier molecular flexibility index (Phi) is 9.14. The molecule has 31 heavy (non-hydrogen) atoms. The number of aliphatic hydroxyl groups is 1. The van der Waals surface area contributed by atoms with Crippen LogP contribution in [0.15, 0.2) is 91.0 Å². The van der Waals surface area contributed by atoms with E-state index in [4.69, 9.17) is 11.6 Å². The molecule has 0 heterocycles. The largest absolute Gasteiger partial charge is 0.387 e. The van der Waals surface area contributed by atoms with Crippen LogP contribution in [0, 0.1) is 0 Å². The molecular weight excluding hydrogens is 402 g/mol. The van der Waals surface area contributed by atoms with Gasteiger partial charge in [0.05, 0.1) is 11.5 Å². The van der Waals surface area contributed by atoms with Gasteiger partial charge in [-0.15, -0.1) is 11.6 Å². The monoisotopic (exact) mass is 435 g/mol. The van der Waals surface area contributed by atoms with Crippen LogP contribution in [0.1, 0.15) is 42.9 Å². The molecule has 164 valence electrons. The second-order valence-electron chi connectivity index (χ2n) is 8.42. The third-order valence-corrected chi connectivity index (χ3v) is 6.45. The predicted molar refractivity (Wildman–Crippen MR) is 131 cm³/mol. The van der Waals surface area contributed by atoms with E-state index in [9.17, 15) is 5.11 Å². The number of hydrogen-bond donors (Lipinski definition) is 1. The van der Waals surface area contributed by atoms with Gasteiger partial charge in [-0.25, -0.2) is 0 Å². The molecule has 0 unspecified atom stereocenters. The fraction of sp³-hybridized carbons (Fsp3) is 0.357. The molecule has 3 rings (SSSR count). The predicted octanol–water partition coefficient (Wildman–Crippen LogP) is 6.46. The summed E-state index contributed by atoms with van der Waals surface area (Å²) in [5.41, 5.74) is 2.74. The van der Waals surface area contributed by atoms with Gasteiger partial charge in [0.2, 0.25) is 0 Å². The highest BCUT2D eigenvalue weighted by Crippen LogP contribution is 2.30. The first-order chi connectivity index (χ1) is 15.1. The average molecular weight is 436 g/mol. The van der Waals surface area contributed by atoms with Crippen LogP contribution in [0.25, 0.3) is 0 Å². The minimum atomic E-state index is -0.961. The Morgan fingerprint density at radius 1 is 0.774 bits per heavy atom. The molecular formula is C28H34ClNO. The lowest BCUT2D eigenvalue weighted by Gasteiger charge is -2.43. The van der Waals surface area contributed by atoms with E-state index >= 15 is 0 Å². The van der Waals surface area contributed by atoms with Crippen LogP contribution in [0.4, 0.5) is 0 Å². The lowest BCUT2D eigenvalue weighted by molar-refractivity contribution is -0.0450. The molecule has 0 spiro atoms. The van der Waals surface area contributed by atoms with Gasteiger partial charge in [0.1, 0.15) is 0 Å². The number of alkyl halides is 1. The molecule has 0 bridgehead atoms. The molecule has 1 N–H and O–H groups in total. The van der Waals surface area contributed by atoms with Crippen molar-refractivity contribution in [2.45, 2.75) is 57.3 Å². The molecule has 0 saturated carbocycles. The quantitative estimate of drug-likeness (QED) is 0.330. The van der Waals surface area contributed by atoms with Gasteiger partial charge in [-0.05, 0) is 29.5 Å². The van der Waals surface area contributed by atoms with Gasteiger partial charge in [-0.1, -0.05) is 111 Å². The van der Waals surface area contributed by atoms with Crippen molar-refractivity contribution in [3.63, 3.8) is 0 Å². The first kappa shape index (κ1) is 23.5. The highest BCUT2D eigenvalue weighted by molar-refractivity contribution is 6.18. The van der Waals surface area contributed by atoms with E-state index in [0.717, 1.165) is 32.4 Å². The second-order valence-corrected chi connectivity index (χ2v) is 8.69. The summed E-state index contributed by atoms with van der Waals surface area (Å²) in [4.78, 5) is 2.41. The Balaban J connectivity index is 1.98. The van der Waals surface area contributed by atoms with Crippen LogP contribution in [0.2, 0.25) is 0 Å². The van der Waals surface area contributed by atoms with Crippen LogP contribution in [-0.2, 0) is 19.5 Å². The van der Waals surface area contributed by atoms with Gasteiger partial charge >= 0.3 is 0 Å². The van der Waals surface area contributed by atoms with Crippen LogP contribution in [0.3, 0.4) is 0 Å². The maximum absolute atomic E-state index is 11.8. The number of halogens is 1. The van der Waals surface area contributed by atoms with E-state index in [1.807, 2.05) is 18.2 Å². The Labute approximate surface area is 192 Å². The van der Waals surface area contributed by atoms with Crippen LogP contribution in [0.5, 0.6) is 0 Å². The Morgan fingerprint density at radius 2 is 1.23 bits per heavy atom. The molecule has 0 saturated heterocycles. The molecule has 0 amide bonds. The Hall–Kier alpha value is -2.13. The van der Waals surface area contributed by atoms with Crippen molar-refractivity contribution in [3.8, 4) is 0 Å². The van der Waals surface area contributed by atoms with Crippen molar-refractivity contribution >= 4 is 11.6 Å². The fourth-order valence-electron chi connectivity index (χ4n) is 4.21. The second kappa shape index (κ2) is 12.0. The van der Waals surface area contributed by atoms with Gasteiger partial charge in [0.15, 0.2) is 0 Å². The summed E-state index contributed by atoms with van der Waals surface area (Å²) in [6.45, 7) is 3.68. The van der Waals surface area contributed by atoms with Gasteiger partial charge in [0, 0.05) is 19.1 Å². The molecule has 2 atom stereocenters. The lowest BCUT2D eigenvalue weighted by atomic mass is 9.84. The summed E-state index contributed by atoms with van der Waals surface area (Å²) in [6.07, 6.45) is 3.45. The molecule has 2 nitrogen and oxygen atoms in total. The van der Waals surface area contributed by atoms with Crippen molar-refractivity contribution in [1.29, 1.82) is 0 Å². The van der Waals surface area contributed by atoms with Crippen LogP contribution < -0.4 is 0 Å². The molecule has 0 radical (unpaired) electrons. The Bertz CT molecular complexity index is 830. The standard InChI is InChI=1S/C28H34ClNO/c1-2-3-19-28(31,23-29)27(20-24-13-7-4-8-14-24)30(21-25-15-9-5-10-16-25)22-26-17-11-6-12-18-26/h4-18,27,31H,2-3,19-23H2,1H3/t27-,28-/m0/s1. The minimum absolute atomic E-state index is 0.0978. The summed E-state index contributed by atoms with van der Waals surface area (Å²) in [5.74, 6) is 0.227. The zero-order chi connectivity index (χ0) is 21.9. The maximum atomic E-state index is 11.8. The molecule has 0 fully saturated rings. The van der Waals surface area contributed by atoms with Crippen molar-refractivity contribution in [2.75, 3.05) is 5.88 Å². The van der Waals surface area contributed by atoms with Crippen molar-refractivity contribution in [1.82, 2.24) is 4.90 Å². The summed E-state index contributed by atoms with van der Waals surface area (Å²) in [6, 6.07) is 31.4. The van der Waals surface area contributed by atoms with E-state index in [1.54, 1.807) is 0 Å². The third-order valence-electron chi connectivity index (χ3n) is 5.98. The van der Waals surface area contributed by atoms with Crippen molar-refractivity contribution in [3.05, 3.63) is 108 Å². The zero-order valence-corrected chi connectivity index (χ0v) is 19.2. The number of hydrogen-bond acceptors (Lipinski definition) is 2. The molecule has 3 aromatic rings. The topological polar surface area (TPSA) is 23.5 Å². The normalized spacial score (nSPS) is 14.3. The fourth-order valence-corrected chi connectivity index (χ4v) is 4.53. The van der Waals surface area contributed by atoms with Crippen LogP contribution >= 0.6 is 11.6 Å². The van der Waals surface area contributed by atoms with Gasteiger partial charge in [0.25, 0.3) is 0 Å². The van der Waals surface area contributed by atoms with Gasteiger partial charge in [-0.2, -0.15) is 0 Å². The van der Waals surface area contributed by atoms with E-state index in [1.165, 1.54) is 16.7 Å². The smallest absolute Gasteiger partial charge is 0.0940 e. The molecule has 0 aliphatic heterocycles. The maximum Gasteiger partial charge on any atom is 0.0940 e. The van der Waals surface area contributed by atoms with Crippen molar-refractivity contribution in [2.24, 2.45) is 0 Å². The summed E-state index contributed by atoms with van der Waals surface area (Å²) >= 11 is 6.48.